The molecule has 5 nitrogen and oxygen atoms in total. The zero-order valence-electron chi connectivity index (χ0n) is 14.5. The number of hydrogen-bond donors (Lipinski definition) is 1. The average Bonchev–Trinajstić information content (AvgIpc) is 2.85. The van der Waals surface area contributed by atoms with Gasteiger partial charge in [0, 0.05) is 56.2 Å². The van der Waals surface area contributed by atoms with Gasteiger partial charge in [-0.3, -0.25) is 14.7 Å². The largest absolute Gasteiger partial charge is 0.350 e. The lowest BCUT2D eigenvalue weighted by atomic mass is 10.2. The molecule has 1 amide bonds. The molecule has 0 atom stereocenters. The Kier molecular flexibility index (Phi) is 5.30. The molecule has 128 valence electrons. The molecule has 1 N–H and O–H groups in total. The summed E-state index contributed by atoms with van der Waals surface area (Å²) in [5.41, 5.74) is 3.01. The maximum Gasteiger partial charge on any atom is 0.267 e. The van der Waals surface area contributed by atoms with Crippen molar-refractivity contribution in [3.8, 4) is 0 Å². The number of carbonyl (C=O) groups is 1. The first-order valence-corrected chi connectivity index (χ1v) is 8.75. The maximum absolute atomic E-state index is 12.5. The molecule has 0 saturated heterocycles. The van der Waals surface area contributed by atoms with E-state index >= 15 is 0 Å². The second-order valence-corrected chi connectivity index (χ2v) is 6.61. The number of pyridine rings is 1. The summed E-state index contributed by atoms with van der Waals surface area (Å²) < 4.78 is 2.18. The molecule has 5 heteroatoms. The lowest BCUT2D eigenvalue weighted by Crippen LogP contribution is -2.30. The van der Waals surface area contributed by atoms with E-state index in [1.807, 2.05) is 24.3 Å². The minimum Gasteiger partial charge on any atom is -0.350 e. The quantitative estimate of drug-likeness (QED) is 0.918. The lowest BCUT2D eigenvalue weighted by Gasteiger charge is -2.23. The Morgan fingerprint density at radius 1 is 1.25 bits per heavy atom. The molecule has 0 unspecified atom stereocenters. The number of rotatable bonds is 5. The zero-order chi connectivity index (χ0) is 16.9. The van der Waals surface area contributed by atoms with Crippen LogP contribution in [-0.4, -0.2) is 39.5 Å². The lowest BCUT2D eigenvalue weighted by molar-refractivity contribution is 0.0944. The van der Waals surface area contributed by atoms with Gasteiger partial charge in [0.15, 0.2) is 0 Å². The average molecular weight is 326 g/mol. The summed E-state index contributed by atoms with van der Waals surface area (Å²) >= 11 is 0. The van der Waals surface area contributed by atoms with Crippen LogP contribution in [0.4, 0.5) is 0 Å². The second kappa shape index (κ2) is 7.62. The van der Waals surface area contributed by atoms with E-state index in [0.29, 0.717) is 12.6 Å². The molecule has 3 heterocycles. The molecule has 1 aliphatic rings. The summed E-state index contributed by atoms with van der Waals surface area (Å²) in [5, 5.41) is 3.02. The van der Waals surface area contributed by atoms with Crippen molar-refractivity contribution in [3.05, 3.63) is 53.6 Å². The van der Waals surface area contributed by atoms with Crippen LogP contribution in [0.15, 0.2) is 36.5 Å². The first-order chi connectivity index (χ1) is 11.6. The summed E-state index contributed by atoms with van der Waals surface area (Å²) in [6.07, 6.45) is 3.61. The van der Waals surface area contributed by atoms with Gasteiger partial charge in [-0.1, -0.05) is 6.07 Å². The Morgan fingerprint density at radius 3 is 2.88 bits per heavy atom. The zero-order valence-corrected chi connectivity index (χ0v) is 14.5. The van der Waals surface area contributed by atoms with E-state index in [0.717, 1.165) is 43.9 Å². The monoisotopic (exact) mass is 326 g/mol. The summed E-state index contributed by atoms with van der Waals surface area (Å²) in [4.78, 5) is 19.3. The van der Waals surface area contributed by atoms with E-state index in [1.165, 1.54) is 5.69 Å². The SMILES string of the molecule is CC(C)N1CCCn2c(ccc2C(=O)NCCc2ccccn2)C1. The van der Waals surface area contributed by atoms with Crippen LogP contribution in [0.2, 0.25) is 0 Å². The molecular weight excluding hydrogens is 300 g/mol. The number of nitrogens with one attached hydrogen (secondary N) is 1. The van der Waals surface area contributed by atoms with Gasteiger partial charge in [0.25, 0.3) is 5.91 Å². The van der Waals surface area contributed by atoms with Gasteiger partial charge in [0.1, 0.15) is 5.69 Å². The molecule has 0 aliphatic carbocycles. The number of fused-ring (bicyclic) bond motifs is 1. The number of nitrogens with zero attached hydrogens (tertiary/aromatic N) is 3. The minimum absolute atomic E-state index is 0.00942. The van der Waals surface area contributed by atoms with E-state index in [-0.39, 0.29) is 5.91 Å². The van der Waals surface area contributed by atoms with Crippen LogP contribution in [0, 0.1) is 0 Å². The fourth-order valence-electron chi connectivity index (χ4n) is 3.21. The fourth-order valence-corrected chi connectivity index (χ4v) is 3.21. The van der Waals surface area contributed by atoms with Crippen LogP contribution in [0.1, 0.15) is 42.1 Å². The summed E-state index contributed by atoms with van der Waals surface area (Å²) in [6, 6.07) is 10.4. The van der Waals surface area contributed by atoms with Gasteiger partial charge < -0.3 is 9.88 Å². The number of aromatic nitrogens is 2. The van der Waals surface area contributed by atoms with Crippen LogP contribution in [0.5, 0.6) is 0 Å². The second-order valence-electron chi connectivity index (χ2n) is 6.61. The molecular formula is C19H26N4O. The van der Waals surface area contributed by atoms with Crippen LogP contribution in [0.3, 0.4) is 0 Å². The van der Waals surface area contributed by atoms with Crippen molar-refractivity contribution >= 4 is 5.91 Å². The molecule has 0 radical (unpaired) electrons. The van der Waals surface area contributed by atoms with Crippen molar-refractivity contribution in [1.29, 1.82) is 0 Å². The third-order valence-corrected chi connectivity index (χ3v) is 4.62. The molecule has 2 aromatic rings. The van der Waals surface area contributed by atoms with E-state index in [1.54, 1.807) is 6.20 Å². The van der Waals surface area contributed by atoms with Gasteiger partial charge in [0.05, 0.1) is 0 Å². The minimum atomic E-state index is 0.00942. The molecule has 0 bridgehead atoms. The van der Waals surface area contributed by atoms with Crippen LogP contribution >= 0.6 is 0 Å². The van der Waals surface area contributed by atoms with Gasteiger partial charge in [-0.15, -0.1) is 0 Å². The molecule has 1 aliphatic heterocycles. The Balaban J connectivity index is 1.62. The van der Waals surface area contributed by atoms with Crippen molar-refractivity contribution in [2.24, 2.45) is 0 Å². The highest BCUT2D eigenvalue weighted by Gasteiger charge is 2.20. The van der Waals surface area contributed by atoms with E-state index in [9.17, 15) is 4.79 Å². The number of amides is 1. The molecule has 0 aromatic carbocycles. The van der Waals surface area contributed by atoms with Crippen LogP contribution < -0.4 is 5.32 Å². The predicted octanol–water partition coefficient (Wildman–Crippen LogP) is 2.47. The standard InChI is InChI=1S/C19H26N4O/c1-15(2)22-12-5-13-23-17(14-22)7-8-18(23)19(24)21-11-9-16-6-3-4-10-20-16/h3-4,6-8,10,15H,5,9,11-14H2,1-2H3,(H,21,24). The first kappa shape index (κ1) is 16.7. The highest BCUT2D eigenvalue weighted by molar-refractivity contribution is 5.92. The Labute approximate surface area is 143 Å². The number of hydrogen-bond acceptors (Lipinski definition) is 3. The van der Waals surface area contributed by atoms with Crippen molar-refractivity contribution in [1.82, 2.24) is 19.8 Å². The summed E-state index contributed by atoms with van der Waals surface area (Å²) in [7, 11) is 0. The third kappa shape index (κ3) is 3.85. The summed E-state index contributed by atoms with van der Waals surface area (Å²) in [6.45, 7) is 7.97. The van der Waals surface area contributed by atoms with Crippen LogP contribution in [0.25, 0.3) is 0 Å². The molecule has 0 fully saturated rings. The van der Waals surface area contributed by atoms with Gasteiger partial charge in [-0.2, -0.15) is 0 Å². The van der Waals surface area contributed by atoms with E-state index in [2.05, 4.69) is 39.7 Å². The highest BCUT2D eigenvalue weighted by atomic mass is 16.1. The van der Waals surface area contributed by atoms with E-state index < -0.39 is 0 Å². The fraction of sp³-hybridized carbons (Fsp3) is 0.474. The first-order valence-electron chi connectivity index (χ1n) is 8.75. The van der Waals surface area contributed by atoms with Gasteiger partial charge in [-0.25, -0.2) is 0 Å². The predicted molar refractivity (Wildman–Crippen MR) is 94.9 cm³/mol. The highest BCUT2D eigenvalue weighted by Crippen LogP contribution is 2.18. The van der Waals surface area contributed by atoms with Gasteiger partial charge in [0.2, 0.25) is 0 Å². The summed E-state index contributed by atoms with van der Waals surface area (Å²) in [5.74, 6) is 0.00942. The van der Waals surface area contributed by atoms with Crippen molar-refractivity contribution < 1.29 is 4.79 Å². The Bertz CT molecular complexity index is 678. The number of carbonyl (C=O) groups excluding carboxylic acids is 1. The van der Waals surface area contributed by atoms with Crippen molar-refractivity contribution in [3.63, 3.8) is 0 Å². The van der Waals surface area contributed by atoms with Crippen molar-refractivity contribution in [2.45, 2.75) is 45.8 Å². The normalized spacial score (nSPS) is 15.1. The smallest absolute Gasteiger partial charge is 0.267 e. The molecule has 3 rings (SSSR count). The van der Waals surface area contributed by atoms with Crippen molar-refractivity contribution in [2.75, 3.05) is 13.1 Å². The van der Waals surface area contributed by atoms with Gasteiger partial charge in [-0.05, 0) is 44.5 Å². The maximum atomic E-state index is 12.5. The Morgan fingerprint density at radius 2 is 2.12 bits per heavy atom. The third-order valence-electron chi connectivity index (χ3n) is 4.62. The Hall–Kier alpha value is -2.14. The topological polar surface area (TPSA) is 50.2 Å². The van der Waals surface area contributed by atoms with Gasteiger partial charge >= 0.3 is 0 Å². The molecule has 0 saturated carbocycles. The van der Waals surface area contributed by atoms with E-state index in [4.69, 9.17) is 0 Å². The molecule has 2 aromatic heterocycles. The molecule has 24 heavy (non-hydrogen) atoms. The molecule has 0 spiro atoms. The van der Waals surface area contributed by atoms with Crippen LogP contribution in [-0.2, 0) is 19.5 Å².